The Kier molecular flexibility index (Phi) is 3.43. The van der Waals surface area contributed by atoms with Crippen LogP contribution < -0.4 is 0 Å². The highest BCUT2D eigenvalue weighted by Gasteiger charge is 2.21. The van der Waals surface area contributed by atoms with Crippen molar-refractivity contribution in [3.8, 4) is 11.1 Å². The van der Waals surface area contributed by atoms with E-state index in [1.54, 1.807) is 7.11 Å². The number of halogens is 1. The zero-order valence-electron chi connectivity index (χ0n) is 10.8. The Labute approximate surface area is 122 Å². The minimum Gasteiger partial charge on any atom is -0.495 e. The highest BCUT2D eigenvalue weighted by Crippen LogP contribution is 2.40. The van der Waals surface area contributed by atoms with Crippen molar-refractivity contribution >= 4 is 21.7 Å². The molecule has 96 valence electrons. The van der Waals surface area contributed by atoms with E-state index in [1.165, 1.54) is 22.3 Å². The van der Waals surface area contributed by atoms with Gasteiger partial charge in [0, 0.05) is 10.0 Å². The second kappa shape index (κ2) is 5.22. The molecule has 0 spiro atoms. The van der Waals surface area contributed by atoms with Gasteiger partial charge in [-0.2, -0.15) is 0 Å². The first-order valence-corrected chi connectivity index (χ1v) is 7.21. The van der Waals surface area contributed by atoms with Crippen LogP contribution in [0.15, 0.2) is 53.0 Å². The maximum Gasteiger partial charge on any atom is 0.137 e. The molecule has 2 aromatic rings. The van der Waals surface area contributed by atoms with Crippen LogP contribution in [0, 0.1) is 0 Å². The molecule has 1 nitrogen and oxygen atoms in total. The summed E-state index contributed by atoms with van der Waals surface area (Å²) in [4.78, 5) is 0. The van der Waals surface area contributed by atoms with Crippen molar-refractivity contribution in [3.05, 3.63) is 64.1 Å². The number of allylic oxidation sites excluding steroid dienone is 1. The first-order valence-electron chi connectivity index (χ1n) is 6.41. The van der Waals surface area contributed by atoms with Crippen LogP contribution in [0.4, 0.5) is 0 Å². The third kappa shape index (κ3) is 2.21. The van der Waals surface area contributed by atoms with Gasteiger partial charge in [-0.25, -0.2) is 0 Å². The van der Waals surface area contributed by atoms with E-state index in [9.17, 15) is 0 Å². The zero-order valence-corrected chi connectivity index (χ0v) is 12.4. The number of hydrogen-bond donors (Lipinski definition) is 0. The minimum atomic E-state index is 0.973. The molecule has 0 saturated carbocycles. The molecule has 0 heterocycles. The van der Waals surface area contributed by atoms with Crippen LogP contribution in [-0.4, -0.2) is 7.11 Å². The first kappa shape index (κ1) is 12.5. The summed E-state index contributed by atoms with van der Waals surface area (Å²) in [5, 5.41) is 0. The number of hydrogen-bond acceptors (Lipinski definition) is 1. The van der Waals surface area contributed by atoms with Gasteiger partial charge in [0.25, 0.3) is 0 Å². The van der Waals surface area contributed by atoms with Crippen LogP contribution in [0.25, 0.3) is 16.9 Å². The number of ether oxygens (including phenoxy) is 1. The monoisotopic (exact) mass is 314 g/mol. The van der Waals surface area contributed by atoms with Gasteiger partial charge in [-0.05, 0) is 29.5 Å². The first-order chi connectivity index (χ1) is 9.31. The molecule has 0 bridgehead atoms. The predicted molar refractivity (Wildman–Crippen MR) is 83.1 cm³/mol. The van der Waals surface area contributed by atoms with Gasteiger partial charge in [0.2, 0.25) is 0 Å². The Hall–Kier alpha value is -1.54. The van der Waals surface area contributed by atoms with Gasteiger partial charge in [0.05, 0.1) is 7.11 Å². The summed E-state index contributed by atoms with van der Waals surface area (Å²) in [6, 6.07) is 17.0. The normalized spacial score (nSPS) is 14.2. The standard InChI is InChI=1S/C17H15BrO/c1-19-17-15(18)11-10-13-8-5-9-14(16(13)17)12-6-3-2-4-7-12/h2-9H,10-11H2,1H3. The molecule has 0 amide bonds. The summed E-state index contributed by atoms with van der Waals surface area (Å²) in [7, 11) is 1.74. The molecule has 2 heteroatoms. The fourth-order valence-electron chi connectivity index (χ4n) is 2.64. The maximum atomic E-state index is 5.62. The lowest BCUT2D eigenvalue weighted by Crippen LogP contribution is -2.05. The molecule has 3 rings (SSSR count). The lowest BCUT2D eigenvalue weighted by molar-refractivity contribution is 0.366. The fourth-order valence-corrected chi connectivity index (χ4v) is 3.20. The van der Waals surface area contributed by atoms with Gasteiger partial charge in [-0.15, -0.1) is 0 Å². The Morgan fingerprint density at radius 2 is 1.74 bits per heavy atom. The molecule has 0 N–H and O–H groups in total. The van der Waals surface area contributed by atoms with Gasteiger partial charge < -0.3 is 4.74 Å². The summed E-state index contributed by atoms with van der Waals surface area (Å²) in [6.07, 6.45) is 2.07. The van der Waals surface area contributed by atoms with E-state index in [4.69, 9.17) is 4.74 Å². The molecule has 19 heavy (non-hydrogen) atoms. The molecule has 0 atom stereocenters. The molecule has 0 unspecified atom stereocenters. The molecule has 1 aliphatic carbocycles. The van der Waals surface area contributed by atoms with Gasteiger partial charge >= 0.3 is 0 Å². The molecule has 0 aliphatic heterocycles. The van der Waals surface area contributed by atoms with Crippen LogP contribution in [0.3, 0.4) is 0 Å². The number of rotatable bonds is 2. The van der Waals surface area contributed by atoms with E-state index >= 15 is 0 Å². The van der Waals surface area contributed by atoms with E-state index in [-0.39, 0.29) is 0 Å². The van der Waals surface area contributed by atoms with E-state index in [0.29, 0.717) is 0 Å². The molecule has 0 radical (unpaired) electrons. The quantitative estimate of drug-likeness (QED) is 0.757. The summed E-state index contributed by atoms with van der Waals surface area (Å²) < 4.78 is 6.78. The molecule has 1 aliphatic rings. The van der Waals surface area contributed by atoms with Crippen molar-refractivity contribution in [2.75, 3.05) is 7.11 Å². The number of fused-ring (bicyclic) bond motifs is 1. The molecular weight excluding hydrogens is 300 g/mol. The minimum absolute atomic E-state index is 0.973. The number of benzene rings is 2. The van der Waals surface area contributed by atoms with Crippen molar-refractivity contribution in [1.29, 1.82) is 0 Å². The Morgan fingerprint density at radius 3 is 2.47 bits per heavy atom. The average molecular weight is 315 g/mol. The van der Waals surface area contributed by atoms with Gasteiger partial charge in [0.1, 0.15) is 5.76 Å². The Balaban J connectivity index is 2.25. The van der Waals surface area contributed by atoms with Crippen molar-refractivity contribution < 1.29 is 4.74 Å². The van der Waals surface area contributed by atoms with E-state index in [2.05, 4.69) is 58.4 Å². The predicted octanol–water partition coefficient (Wildman–Crippen LogP) is 5.01. The third-order valence-corrected chi connectivity index (χ3v) is 4.28. The number of methoxy groups -OCH3 is 1. The summed E-state index contributed by atoms with van der Waals surface area (Å²) in [5.41, 5.74) is 5.07. The molecule has 0 fully saturated rings. The SMILES string of the molecule is COC1=C(Br)CCc2cccc(-c3ccccc3)c21. The van der Waals surface area contributed by atoms with E-state index < -0.39 is 0 Å². The van der Waals surface area contributed by atoms with Crippen molar-refractivity contribution in [2.24, 2.45) is 0 Å². The summed E-state index contributed by atoms with van der Waals surface area (Å²) in [5.74, 6) is 0.973. The smallest absolute Gasteiger partial charge is 0.137 e. The van der Waals surface area contributed by atoms with Gasteiger partial charge in [-0.1, -0.05) is 64.5 Å². The molecule has 0 saturated heterocycles. The lowest BCUT2D eigenvalue weighted by Gasteiger charge is -2.22. The Morgan fingerprint density at radius 1 is 0.947 bits per heavy atom. The zero-order chi connectivity index (χ0) is 13.2. The van der Waals surface area contributed by atoms with Crippen LogP contribution in [-0.2, 0) is 11.2 Å². The largest absolute Gasteiger partial charge is 0.495 e. The van der Waals surface area contributed by atoms with E-state index in [1.807, 2.05) is 6.07 Å². The van der Waals surface area contributed by atoms with Crippen molar-refractivity contribution in [1.82, 2.24) is 0 Å². The van der Waals surface area contributed by atoms with Crippen molar-refractivity contribution in [2.45, 2.75) is 12.8 Å². The van der Waals surface area contributed by atoms with Crippen LogP contribution in [0.5, 0.6) is 0 Å². The summed E-state index contributed by atoms with van der Waals surface area (Å²) >= 11 is 3.65. The summed E-state index contributed by atoms with van der Waals surface area (Å²) in [6.45, 7) is 0. The Bertz CT molecular complexity index is 629. The van der Waals surface area contributed by atoms with Gasteiger partial charge in [0.15, 0.2) is 0 Å². The van der Waals surface area contributed by atoms with Crippen LogP contribution in [0.2, 0.25) is 0 Å². The highest BCUT2D eigenvalue weighted by molar-refractivity contribution is 9.11. The second-order valence-corrected chi connectivity index (χ2v) is 5.60. The lowest BCUT2D eigenvalue weighted by atomic mass is 9.89. The van der Waals surface area contributed by atoms with Crippen molar-refractivity contribution in [3.63, 3.8) is 0 Å². The molecule has 0 aromatic heterocycles. The molecule has 2 aromatic carbocycles. The third-order valence-electron chi connectivity index (χ3n) is 3.53. The van der Waals surface area contributed by atoms with Gasteiger partial charge in [-0.3, -0.25) is 0 Å². The molecular formula is C17H15BrO. The maximum absolute atomic E-state index is 5.62. The topological polar surface area (TPSA) is 9.23 Å². The second-order valence-electron chi connectivity index (χ2n) is 4.64. The van der Waals surface area contributed by atoms with Crippen LogP contribution in [0.1, 0.15) is 17.5 Å². The highest BCUT2D eigenvalue weighted by atomic mass is 79.9. The number of aryl methyl sites for hydroxylation is 1. The fraction of sp³-hybridized carbons (Fsp3) is 0.176. The van der Waals surface area contributed by atoms with Crippen LogP contribution >= 0.6 is 15.9 Å². The van der Waals surface area contributed by atoms with E-state index in [0.717, 1.165) is 23.1 Å². The average Bonchev–Trinajstić information content (AvgIpc) is 2.47.